The van der Waals surface area contributed by atoms with Gasteiger partial charge < -0.3 is 0 Å². The van der Waals surface area contributed by atoms with Gasteiger partial charge in [0.15, 0.2) is 11.6 Å². The summed E-state index contributed by atoms with van der Waals surface area (Å²) in [6, 6.07) is 16.3. The molecule has 0 saturated carbocycles. The average molecular weight is 403 g/mol. The summed E-state index contributed by atoms with van der Waals surface area (Å²) < 4.78 is 0. The van der Waals surface area contributed by atoms with E-state index < -0.39 is 0 Å². The second-order valence-electron chi connectivity index (χ2n) is 7.28. The molecule has 0 spiro atoms. The van der Waals surface area contributed by atoms with E-state index >= 15 is 0 Å². The smallest absolute Gasteiger partial charge is 0.178 e. The normalized spacial score (nSPS) is 12.9. The quantitative estimate of drug-likeness (QED) is 0.546. The van der Waals surface area contributed by atoms with Crippen LogP contribution in [0.5, 0.6) is 0 Å². The van der Waals surface area contributed by atoms with Crippen LogP contribution in [-0.4, -0.2) is 30.6 Å². The molecule has 0 amide bonds. The molecule has 0 radical (unpaired) electrons. The number of aromatic amines is 1. The first-order valence-corrected chi connectivity index (χ1v) is 10.1. The molecular weight excluding hydrogens is 384 g/mol. The first-order valence-electron chi connectivity index (χ1n) is 9.69. The minimum absolute atomic E-state index is 0.665. The van der Waals surface area contributed by atoms with Gasteiger partial charge in [-0.1, -0.05) is 53.2 Å². The molecule has 5 rings (SSSR count). The third kappa shape index (κ3) is 3.89. The third-order valence-electron chi connectivity index (χ3n) is 5.25. The second kappa shape index (κ2) is 7.72. The zero-order valence-electron chi connectivity index (χ0n) is 15.8. The highest BCUT2D eigenvalue weighted by molar-refractivity contribution is 6.30. The van der Waals surface area contributed by atoms with Crippen LogP contribution in [0, 0.1) is 0 Å². The number of aryl methyl sites for hydroxylation is 1. The number of nitrogens with one attached hydrogen (secondary N) is 1. The van der Waals surface area contributed by atoms with Gasteiger partial charge in [0.05, 0.1) is 5.69 Å². The number of H-pyrrole nitrogens is 1. The maximum absolute atomic E-state index is 6.18. The molecule has 29 heavy (non-hydrogen) atoms. The Balaban J connectivity index is 1.43. The van der Waals surface area contributed by atoms with E-state index in [1.165, 1.54) is 16.8 Å². The Morgan fingerprint density at radius 3 is 2.52 bits per heavy atom. The number of fused-ring (bicyclic) bond motifs is 1. The molecule has 2 aromatic heterocycles. The van der Waals surface area contributed by atoms with Crippen molar-refractivity contribution in [1.29, 1.82) is 0 Å². The number of aromatic nitrogens is 6. The lowest BCUT2D eigenvalue weighted by Gasteiger charge is -2.11. The van der Waals surface area contributed by atoms with E-state index in [0.29, 0.717) is 17.3 Å². The molecule has 1 aliphatic carbocycles. The summed E-state index contributed by atoms with van der Waals surface area (Å²) in [5.74, 6) is 1.45. The molecule has 1 aliphatic rings. The Bertz CT molecular complexity index is 1140. The van der Waals surface area contributed by atoms with Crippen LogP contribution in [0.1, 0.15) is 40.3 Å². The molecule has 0 atom stereocenters. The summed E-state index contributed by atoms with van der Waals surface area (Å²) >= 11 is 6.18. The van der Waals surface area contributed by atoms with Crippen molar-refractivity contribution in [3.63, 3.8) is 0 Å². The maximum Gasteiger partial charge on any atom is 0.178 e. The van der Waals surface area contributed by atoms with Gasteiger partial charge in [-0.3, -0.25) is 0 Å². The zero-order chi connectivity index (χ0) is 19.6. The number of rotatable bonds is 5. The topological polar surface area (TPSA) is 80.2 Å². The van der Waals surface area contributed by atoms with Crippen LogP contribution in [-0.2, 0) is 25.7 Å². The molecule has 0 bridgehead atoms. The van der Waals surface area contributed by atoms with Crippen molar-refractivity contribution in [3.8, 4) is 11.4 Å². The fourth-order valence-corrected chi connectivity index (χ4v) is 4.01. The van der Waals surface area contributed by atoms with Crippen molar-refractivity contribution < 1.29 is 0 Å². The van der Waals surface area contributed by atoms with Crippen LogP contribution in [0.25, 0.3) is 11.4 Å². The second-order valence-corrected chi connectivity index (χ2v) is 7.72. The summed E-state index contributed by atoms with van der Waals surface area (Å²) in [5.41, 5.74) is 6.96. The lowest BCUT2D eigenvalue weighted by atomic mass is 10.0. The van der Waals surface area contributed by atoms with Crippen LogP contribution >= 0.6 is 11.6 Å². The lowest BCUT2D eigenvalue weighted by molar-refractivity contribution is 0.881. The molecule has 0 fully saturated rings. The summed E-state index contributed by atoms with van der Waals surface area (Å²) in [6.07, 6.45) is 4.66. The van der Waals surface area contributed by atoms with Gasteiger partial charge in [0.2, 0.25) is 0 Å². The van der Waals surface area contributed by atoms with Crippen LogP contribution < -0.4 is 0 Å². The van der Waals surface area contributed by atoms with Gasteiger partial charge in [-0.2, -0.15) is 5.21 Å². The Morgan fingerprint density at radius 1 is 0.931 bits per heavy atom. The van der Waals surface area contributed by atoms with Gasteiger partial charge in [-0.05, 0) is 48.1 Å². The summed E-state index contributed by atoms with van der Waals surface area (Å²) in [6.45, 7) is 0. The largest absolute Gasteiger partial charge is 0.233 e. The number of hydrogen-bond donors (Lipinski definition) is 1. The Labute approximate surface area is 173 Å². The van der Waals surface area contributed by atoms with E-state index in [1.807, 2.05) is 24.3 Å². The van der Waals surface area contributed by atoms with E-state index in [1.54, 1.807) is 0 Å². The average Bonchev–Trinajstić information content (AvgIpc) is 3.41. The van der Waals surface area contributed by atoms with Crippen molar-refractivity contribution in [1.82, 2.24) is 30.6 Å². The van der Waals surface area contributed by atoms with E-state index in [0.717, 1.165) is 48.3 Å². The predicted octanol–water partition coefficient (Wildman–Crippen LogP) is 3.98. The number of tetrazole rings is 1. The van der Waals surface area contributed by atoms with Gasteiger partial charge in [0.1, 0.15) is 0 Å². The van der Waals surface area contributed by atoms with Crippen molar-refractivity contribution >= 4 is 11.6 Å². The molecule has 2 heterocycles. The van der Waals surface area contributed by atoms with Gasteiger partial charge in [0, 0.05) is 29.1 Å². The Hall–Kier alpha value is -3.12. The first-order chi connectivity index (χ1) is 14.2. The van der Waals surface area contributed by atoms with Gasteiger partial charge in [-0.15, -0.1) is 10.2 Å². The van der Waals surface area contributed by atoms with Gasteiger partial charge in [0.25, 0.3) is 0 Å². The molecule has 2 aromatic carbocycles. The maximum atomic E-state index is 6.18. The highest BCUT2D eigenvalue weighted by Gasteiger charge is 2.20. The fraction of sp³-hybridized carbons (Fsp3) is 0.227. The minimum Gasteiger partial charge on any atom is -0.233 e. The fourth-order valence-electron chi connectivity index (χ4n) is 3.82. The predicted molar refractivity (Wildman–Crippen MR) is 111 cm³/mol. The van der Waals surface area contributed by atoms with E-state index in [4.69, 9.17) is 21.6 Å². The standard InChI is InChI=1S/C22H19ClN6/c23-17-4-1-3-16(13-17)22-24-19-6-2-5-18(19)20(25-22)11-14-7-9-15(10-8-14)12-21-26-28-29-27-21/h1,3-4,7-10,13H,2,5-6,11-12H2,(H,26,27,28,29). The highest BCUT2D eigenvalue weighted by atomic mass is 35.5. The van der Waals surface area contributed by atoms with Crippen LogP contribution in [0.3, 0.4) is 0 Å². The summed E-state index contributed by atoms with van der Waals surface area (Å²) in [7, 11) is 0. The molecule has 0 saturated heterocycles. The molecular formula is C22H19ClN6. The van der Waals surface area contributed by atoms with E-state index in [9.17, 15) is 0 Å². The highest BCUT2D eigenvalue weighted by Crippen LogP contribution is 2.28. The van der Waals surface area contributed by atoms with Gasteiger partial charge >= 0.3 is 0 Å². The van der Waals surface area contributed by atoms with Gasteiger partial charge in [-0.25, -0.2) is 9.97 Å². The first kappa shape index (κ1) is 17.9. The van der Waals surface area contributed by atoms with Crippen LogP contribution in [0.2, 0.25) is 5.02 Å². The van der Waals surface area contributed by atoms with Crippen LogP contribution in [0.4, 0.5) is 0 Å². The molecule has 4 aromatic rings. The van der Waals surface area contributed by atoms with E-state index in [2.05, 4.69) is 44.9 Å². The van der Waals surface area contributed by atoms with E-state index in [-0.39, 0.29) is 0 Å². The molecule has 144 valence electrons. The van der Waals surface area contributed by atoms with Crippen molar-refractivity contribution in [2.45, 2.75) is 32.1 Å². The molecule has 1 N–H and O–H groups in total. The zero-order valence-corrected chi connectivity index (χ0v) is 16.5. The minimum atomic E-state index is 0.665. The monoisotopic (exact) mass is 402 g/mol. The summed E-state index contributed by atoms with van der Waals surface area (Å²) in [4.78, 5) is 9.76. The number of halogens is 1. The van der Waals surface area contributed by atoms with Crippen LogP contribution in [0.15, 0.2) is 48.5 Å². The Kier molecular flexibility index (Phi) is 4.77. The van der Waals surface area contributed by atoms with Crippen molar-refractivity contribution in [3.05, 3.63) is 87.5 Å². The van der Waals surface area contributed by atoms with Crippen molar-refractivity contribution in [2.24, 2.45) is 0 Å². The molecule has 0 aliphatic heterocycles. The molecule has 0 unspecified atom stereocenters. The third-order valence-corrected chi connectivity index (χ3v) is 5.48. The summed E-state index contributed by atoms with van der Waals surface area (Å²) in [5, 5.41) is 14.8. The van der Waals surface area contributed by atoms with Crippen molar-refractivity contribution in [2.75, 3.05) is 0 Å². The Morgan fingerprint density at radius 2 is 1.76 bits per heavy atom. The number of hydrogen-bond acceptors (Lipinski definition) is 5. The lowest BCUT2D eigenvalue weighted by Crippen LogP contribution is -2.04. The molecule has 6 nitrogen and oxygen atoms in total. The SMILES string of the molecule is Clc1cccc(-c2nc3c(c(Cc4ccc(Cc5nn[nH]n5)cc4)n2)CCC3)c1. The number of nitrogens with zero attached hydrogens (tertiary/aromatic N) is 5. The number of benzene rings is 2. The molecule has 7 heteroatoms.